The lowest BCUT2D eigenvalue weighted by molar-refractivity contribution is 0.360. The van der Waals surface area contributed by atoms with Gasteiger partial charge < -0.3 is 15.5 Å². The molecule has 5 heteroatoms. The fourth-order valence-electron chi connectivity index (χ4n) is 2.17. The molecule has 2 rings (SSSR count). The number of nitrogens with zero attached hydrogens (tertiary/aromatic N) is 3. The molecule has 0 saturated carbocycles. The molecule has 0 unspecified atom stereocenters. The molecule has 1 aromatic heterocycles. The lowest BCUT2D eigenvalue weighted by atomic mass is 10.2. The summed E-state index contributed by atoms with van der Waals surface area (Å²) in [6, 6.07) is 2.07. The predicted molar refractivity (Wildman–Crippen MR) is 74.2 cm³/mol. The van der Waals surface area contributed by atoms with E-state index >= 15 is 0 Å². The molecule has 0 amide bonds. The number of anilines is 1. The lowest BCUT2D eigenvalue weighted by Crippen LogP contribution is -2.30. The first-order valence-electron chi connectivity index (χ1n) is 5.98. The number of likely N-dealkylation sites (N-methyl/N-ethyl adjacent to an activating group) is 1. The maximum Gasteiger partial charge on any atom is 0.133 e. The molecule has 0 bridgehead atoms. The molecule has 1 fully saturated rings. The van der Waals surface area contributed by atoms with Gasteiger partial charge in [0, 0.05) is 42.4 Å². The van der Waals surface area contributed by atoms with E-state index in [1.165, 1.54) is 6.42 Å². The van der Waals surface area contributed by atoms with Gasteiger partial charge in [-0.1, -0.05) is 0 Å². The summed E-state index contributed by atoms with van der Waals surface area (Å²) in [6.07, 6.45) is 3.03. The molecule has 4 nitrogen and oxygen atoms in total. The minimum absolute atomic E-state index is 0.536. The van der Waals surface area contributed by atoms with Gasteiger partial charge in [-0.2, -0.15) is 0 Å². The van der Waals surface area contributed by atoms with Crippen LogP contribution in [-0.2, 0) is 6.54 Å². The molecule has 0 radical (unpaired) electrons. The van der Waals surface area contributed by atoms with Crippen molar-refractivity contribution in [2.45, 2.75) is 13.0 Å². The highest BCUT2D eigenvalue weighted by Crippen LogP contribution is 2.22. The zero-order chi connectivity index (χ0) is 12.3. The van der Waals surface area contributed by atoms with E-state index in [9.17, 15) is 0 Å². The molecule has 0 atom stereocenters. The van der Waals surface area contributed by atoms with E-state index < -0.39 is 0 Å². The Morgan fingerprint density at radius 2 is 2.18 bits per heavy atom. The van der Waals surface area contributed by atoms with Crippen molar-refractivity contribution >= 4 is 21.7 Å². The van der Waals surface area contributed by atoms with Gasteiger partial charge in [0.05, 0.1) is 0 Å². The minimum atomic E-state index is 0.536. The maximum absolute atomic E-state index is 5.79. The topological polar surface area (TPSA) is 45.4 Å². The first kappa shape index (κ1) is 12.8. The predicted octanol–water partition coefficient (Wildman–Crippen LogP) is 1.44. The third-order valence-corrected chi connectivity index (χ3v) is 3.58. The van der Waals surface area contributed by atoms with Crippen LogP contribution in [0.3, 0.4) is 0 Å². The van der Waals surface area contributed by atoms with Gasteiger partial charge in [-0.15, -0.1) is 0 Å². The second-order valence-corrected chi connectivity index (χ2v) is 5.40. The summed E-state index contributed by atoms with van der Waals surface area (Å²) in [6.45, 7) is 4.87. The van der Waals surface area contributed by atoms with Gasteiger partial charge in [-0.05, 0) is 42.0 Å². The van der Waals surface area contributed by atoms with E-state index in [4.69, 9.17) is 5.73 Å². The fourth-order valence-corrected chi connectivity index (χ4v) is 2.55. The van der Waals surface area contributed by atoms with E-state index in [-0.39, 0.29) is 0 Å². The summed E-state index contributed by atoms with van der Waals surface area (Å²) >= 11 is 3.44. The van der Waals surface area contributed by atoms with E-state index in [1.54, 1.807) is 0 Å². The number of pyridine rings is 1. The Bertz CT molecular complexity index is 383. The second-order valence-electron chi connectivity index (χ2n) is 4.48. The van der Waals surface area contributed by atoms with Gasteiger partial charge in [0.2, 0.25) is 0 Å². The highest BCUT2D eigenvalue weighted by atomic mass is 79.9. The van der Waals surface area contributed by atoms with Crippen LogP contribution in [0.15, 0.2) is 16.7 Å². The van der Waals surface area contributed by atoms with Crippen LogP contribution in [0.25, 0.3) is 0 Å². The third kappa shape index (κ3) is 3.18. The molecule has 0 aliphatic carbocycles. The first-order valence-corrected chi connectivity index (χ1v) is 6.78. The van der Waals surface area contributed by atoms with Crippen molar-refractivity contribution in [1.29, 1.82) is 0 Å². The van der Waals surface area contributed by atoms with Gasteiger partial charge in [-0.25, -0.2) is 4.98 Å². The maximum atomic E-state index is 5.79. The van der Waals surface area contributed by atoms with Crippen LogP contribution in [0.2, 0.25) is 0 Å². The van der Waals surface area contributed by atoms with Crippen LogP contribution in [0, 0.1) is 0 Å². The van der Waals surface area contributed by atoms with Crippen LogP contribution < -0.4 is 10.6 Å². The molecule has 1 aliphatic heterocycles. The van der Waals surface area contributed by atoms with Crippen molar-refractivity contribution in [3.63, 3.8) is 0 Å². The second kappa shape index (κ2) is 5.80. The first-order chi connectivity index (χ1) is 8.20. The molecule has 1 aliphatic rings. The largest absolute Gasteiger partial charge is 0.355 e. The van der Waals surface area contributed by atoms with Gasteiger partial charge in [0.25, 0.3) is 0 Å². The number of hydrogen-bond donors (Lipinski definition) is 1. The Kier molecular flexibility index (Phi) is 4.36. The SMILES string of the molecule is CN1CCCN(c2ncc(Br)cc2CN)CC1. The molecular weight excluding hydrogens is 280 g/mol. The molecule has 0 aromatic carbocycles. The van der Waals surface area contributed by atoms with Crippen LogP contribution in [0.4, 0.5) is 5.82 Å². The molecule has 94 valence electrons. The number of halogens is 1. The van der Waals surface area contributed by atoms with Crippen molar-refractivity contribution in [2.75, 3.05) is 38.1 Å². The number of hydrogen-bond acceptors (Lipinski definition) is 4. The minimum Gasteiger partial charge on any atom is -0.355 e. The van der Waals surface area contributed by atoms with Crippen LogP contribution in [-0.4, -0.2) is 43.1 Å². The van der Waals surface area contributed by atoms with Crippen molar-refractivity contribution in [3.8, 4) is 0 Å². The molecule has 1 aromatic rings. The average Bonchev–Trinajstić information content (AvgIpc) is 2.54. The fraction of sp³-hybridized carbons (Fsp3) is 0.583. The number of aromatic nitrogens is 1. The summed E-state index contributed by atoms with van der Waals surface area (Å²) in [5.41, 5.74) is 6.91. The smallest absolute Gasteiger partial charge is 0.133 e. The van der Waals surface area contributed by atoms with Crippen molar-refractivity contribution in [3.05, 3.63) is 22.3 Å². The van der Waals surface area contributed by atoms with E-state index in [0.717, 1.165) is 42.0 Å². The summed E-state index contributed by atoms with van der Waals surface area (Å²) in [5.74, 6) is 1.05. The van der Waals surface area contributed by atoms with E-state index in [0.29, 0.717) is 6.54 Å². The summed E-state index contributed by atoms with van der Waals surface area (Å²) in [5, 5.41) is 0. The summed E-state index contributed by atoms with van der Waals surface area (Å²) in [4.78, 5) is 9.23. The molecule has 2 heterocycles. The quantitative estimate of drug-likeness (QED) is 0.898. The van der Waals surface area contributed by atoms with E-state index in [2.05, 4.69) is 43.8 Å². The van der Waals surface area contributed by atoms with Gasteiger partial charge in [0.1, 0.15) is 5.82 Å². The Balaban J connectivity index is 2.20. The van der Waals surface area contributed by atoms with Crippen molar-refractivity contribution in [1.82, 2.24) is 9.88 Å². The molecule has 0 spiro atoms. The van der Waals surface area contributed by atoms with Crippen molar-refractivity contribution in [2.24, 2.45) is 5.73 Å². The van der Waals surface area contributed by atoms with Crippen LogP contribution in [0.1, 0.15) is 12.0 Å². The van der Waals surface area contributed by atoms with Crippen molar-refractivity contribution < 1.29 is 0 Å². The average molecular weight is 299 g/mol. The molecular formula is C12H19BrN4. The zero-order valence-electron chi connectivity index (χ0n) is 10.2. The Hall–Kier alpha value is -0.650. The lowest BCUT2D eigenvalue weighted by Gasteiger charge is -2.24. The molecule has 17 heavy (non-hydrogen) atoms. The standard InChI is InChI=1S/C12H19BrN4/c1-16-3-2-4-17(6-5-16)12-10(8-14)7-11(13)9-15-12/h7,9H,2-6,8,14H2,1H3. The molecule has 1 saturated heterocycles. The highest BCUT2D eigenvalue weighted by Gasteiger charge is 2.16. The molecule has 2 N–H and O–H groups in total. The number of nitrogens with two attached hydrogens (primary N) is 1. The highest BCUT2D eigenvalue weighted by molar-refractivity contribution is 9.10. The Morgan fingerprint density at radius 3 is 2.94 bits per heavy atom. The normalized spacial score (nSPS) is 18.2. The Labute approximate surface area is 111 Å². The third-order valence-electron chi connectivity index (χ3n) is 3.15. The zero-order valence-corrected chi connectivity index (χ0v) is 11.8. The van der Waals surface area contributed by atoms with Crippen LogP contribution >= 0.6 is 15.9 Å². The van der Waals surface area contributed by atoms with Gasteiger partial charge >= 0.3 is 0 Å². The summed E-state index contributed by atoms with van der Waals surface area (Å²) in [7, 11) is 2.17. The summed E-state index contributed by atoms with van der Waals surface area (Å²) < 4.78 is 0.994. The monoisotopic (exact) mass is 298 g/mol. The van der Waals surface area contributed by atoms with Gasteiger partial charge in [-0.3, -0.25) is 0 Å². The van der Waals surface area contributed by atoms with E-state index in [1.807, 2.05) is 6.20 Å². The number of rotatable bonds is 2. The van der Waals surface area contributed by atoms with Gasteiger partial charge in [0.15, 0.2) is 0 Å². The van der Waals surface area contributed by atoms with Crippen LogP contribution in [0.5, 0.6) is 0 Å². The Morgan fingerprint density at radius 1 is 1.35 bits per heavy atom.